The van der Waals surface area contributed by atoms with Gasteiger partial charge in [0, 0.05) is 42.5 Å². The number of rotatable bonds is 8. The van der Waals surface area contributed by atoms with Crippen LogP contribution in [-0.4, -0.2) is 58.8 Å². The van der Waals surface area contributed by atoms with Gasteiger partial charge in [-0.05, 0) is 43.0 Å². The van der Waals surface area contributed by atoms with Gasteiger partial charge in [0.1, 0.15) is 12.8 Å². The zero-order valence-electron chi connectivity index (χ0n) is 20.9. The van der Waals surface area contributed by atoms with Crippen LogP contribution < -0.4 is 10.6 Å². The molecular formula is C28H28ClN5O4. The first-order valence-corrected chi connectivity index (χ1v) is 12.9. The van der Waals surface area contributed by atoms with E-state index in [1.807, 2.05) is 25.1 Å². The summed E-state index contributed by atoms with van der Waals surface area (Å²) >= 11 is 6.44. The summed E-state index contributed by atoms with van der Waals surface area (Å²) in [7, 11) is 0. The molecule has 1 aromatic heterocycles. The SMILES string of the molecule is CC(NC(=O)CN1Cc2ccc(-c3nc(NC4CCOCC4)ncc3Cl)cc2C1=O)c1cccc(C=O)c1. The van der Waals surface area contributed by atoms with Crippen molar-refractivity contribution in [3.05, 3.63) is 75.9 Å². The predicted octanol–water partition coefficient (Wildman–Crippen LogP) is 4.03. The fourth-order valence-electron chi connectivity index (χ4n) is 4.75. The number of fused-ring (bicyclic) bond motifs is 1. The van der Waals surface area contributed by atoms with Crippen LogP contribution in [0.1, 0.15) is 57.7 Å². The Labute approximate surface area is 225 Å². The number of nitrogens with one attached hydrogen (secondary N) is 2. The first kappa shape index (κ1) is 25.8. The fraction of sp³-hybridized carbons (Fsp3) is 0.321. The van der Waals surface area contributed by atoms with E-state index in [2.05, 4.69) is 20.6 Å². The van der Waals surface area contributed by atoms with Crippen molar-refractivity contribution in [2.75, 3.05) is 25.1 Å². The average molecular weight is 534 g/mol. The summed E-state index contributed by atoms with van der Waals surface area (Å²) in [6, 6.07) is 12.5. The monoisotopic (exact) mass is 533 g/mol. The van der Waals surface area contributed by atoms with Gasteiger partial charge >= 0.3 is 0 Å². The molecule has 5 rings (SSSR count). The molecule has 9 nitrogen and oxygen atoms in total. The molecule has 196 valence electrons. The quantitative estimate of drug-likeness (QED) is 0.420. The molecule has 2 aliphatic heterocycles. The molecule has 2 aromatic carbocycles. The molecule has 1 saturated heterocycles. The van der Waals surface area contributed by atoms with Gasteiger partial charge in [0.05, 0.1) is 23.0 Å². The molecule has 0 saturated carbocycles. The molecular weight excluding hydrogens is 506 g/mol. The van der Waals surface area contributed by atoms with Gasteiger partial charge < -0.3 is 20.3 Å². The number of aromatic nitrogens is 2. The van der Waals surface area contributed by atoms with Crippen LogP contribution >= 0.6 is 11.6 Å². The van der Waals surface area contributed by atoms with Crippen molar-refractivity contribution in [1.82, 2.24) is 20.2 Å². The van der Waals surface area contributed by atoms with E-state index in [1.165, 1.54) is 4.90 Å². The molecule has 0 radical (unpaired) electrons. The summed E-state index contributed by atoms with van der Waals surface area (Å²) in [5.41, 5.74) is 3.96. The lowest BCUT2D eigenvalue weighted by molar-refractivity contribution is -0.122. The number of carbonyl (C=O) groups excluding carboxylic acids is 3. The molecule has 2 amide bonds. The third-order valence-corrected chi connectivity index (χ3v) is 7.10. The summed E-state index contributed by atoms with van der Waals surface area (Å²) in [4.78, 5) is 47.4. The summed E-state index contributed by atoms with van der Waals surface area (Å²) in [5, 5.41) is 6.64. The van der Waals surface area contributed by atoms with Crippen LogP contribution in [-0.2, 0) is 16.1 Å². The van der Waals surface area contributed by atoms with Gasteiger partial charge in [0.25, 0.3) is 5.91 Å². The Morgan fingerprint density at radius 1 is 1.24 bits per heavy atom. The van der Waals surface area contributed by atoms with Crippen molar-refractivity contribution in [1.29, 1.82) is 0 Å². The van der Waals surface area contributed by atoms with E-state index in [0.717, 1.165) is 30.3 Å². The number of anilines is 1. The van der Waals surface area contributed by atoms with E-state index in [4.69, 9.17) is 16.3 Å². The van der Waals surface area contributed by atoms with E-state index in [-0.39, 0.29) is 30.4 Å². The molecule has 2 aliphatic rings. The molecule has 3 heterocycles. The lowest BCUT2D eigenvalue weighted by Crippen LogP contribution is -2.38. The summed E-state index contributed by atoms with van der Waals surface area (Å²) in [6.45, 7) is 3.50. The third kappa shape index (κ3) is 5.69. The first-order chi connectivity index (χ1) is 18.4. The maximum atomic E-state index is 13.2. The highest BCUT2D eigenvalue weighted by molar-refractivity contribution is 6.33. The smallest absolute Gasteiger partial charge is 0.254 e. The highest BCUT2D eigenvalue weighted by Gasteiger charge is 2.30. The van der Waals surface area contributed by atoms with Crippen molar-refractivity contribution >= 4 is 35.6 Å². The van der Waals surface area contributed by atoms with Crippen molar-refractivity contribution in [2.24, 2.45) is 0 Å². The number of aldehydes is 1. The van der Waals surface area contributed by atoms with Crippen LogP contribution in [0.15, 0.2) is 48.7 Å². The van der Waals surface area contributed by atoms with E-state index in [0.29, 0.717) is 53.1 Å². The number of hydrogen-bond acceptors (Lipinski definition) is 7. The van der Waals surface area contributed by atoms with Gasteiger partial charge in [-0.2, -0.15) is 0 Å². The van der Waals surface area contributed by atoms with Crippen LogP contribution in [0.5, 0.6) is 0 Å². The number of carbonyl (C=O) groups is 3. The van der Waals surface area contributed by atoms with Gasteiger partial charge in [-0.15, -0.1) is 0 Å². The molecule has 38 heavy (non-hydrogen) atoms. The summed E-state index contributed by atoms with van der Waals surface area (Å²) in [5.74, 6) is -0.0226. The Kier molecular flexibility index (Phi) is 7.67. The Hall–Kier alpha value is -3.82. The topological polar surface area (TPSA) is 114 Å². The standard InChI is InChI=1S/C28H28ClN5O4/c1-17(19-4-2-3-18(11-19)16-35)31-25(36)15-34-14-21-6-5-20(12-23(21)27(34)37)26-24(29)13-30-28(33-26)32-22-7-9-38-10-8-22/h2-6,11-13,16-17,22H,7-10,14-15H2,1H3,(H,31,36)(H,30,32,33). The second-order valence-corrected chi connectivity index (χ2v) is 9.94. The lowest BCUT2D eigenvalue weighted by atomic mass is 10.0. The summed E-state index contributed by atoms with van der Waals surface area (Å²) in [6.07, 6.45) is 4.08. The molecule has 10 heteroatoms. The predicted molar refractivity (Wildman–Crippen MR) is 143 cm³/mol. The number of nitrogens with zero attached hydrogens (tertiary/aromatic N) is 3. The van der Waals surface area contributed by atoms with Gasteiger partial charge in [-0.25, -0.2) is 9.97 Å². The van der Waals surface area contributed by atoms with Gasteiger partial charge in [0.2, 0.25) is 11.9 Å². The molecule has 0 bridgehead atoms. The normalized spacial score (nSPS) is 16.2. The van der Waals surface area contributed by atoms with Gasteiger partial charge in [-0.1, -0.05) is 41.9 Å². The van der Waals surface area contributed by atoms with E-state index >= 15 is 0 Å². The van der Waals surface area contributed by atoms with Gasteiger partial charge in [-0.3, -0.25) is 14.4 Å². The number of benzene rings is 2. The van der Waals surface area contributed by atoms with Gasteiger partial charge in [0.15, 0.2) is 0 Å². The Morgan fingerprint density at radius 3 is 2.84 bits per heavy atom. The van der Waals surface area contributed by atoms with E-state index in [9.17, 15) is 14.4 Å². The zero-order chi connectivity index (χ0) is 26.6. The number of halogens is 1. The highest BCUT2D eigenvalue weighted by atomic mass is 35.5. The maximum Gasteiger partial charge on any atom is 0.254 e. The molecule has 2 N–H and O–H groups in total. The van der Waals surface area contributed by atoms with Crippen LogP contribution in [0.2, 0.25) is 5.02 Å². The fourth-order valence-corrected chi connectivity index (χ4v) is 4.95. The molecule has 3 aromatic rings. The second kappa shape index (κ2) is 11.3. The van der Waals surface area contributed by atoms with E-state index in [1.54, 1.807) is 30.5 Å². The largest absolute Gasteiger partial charge is 0.381 e. The Morgan fingerprint density at radius 2 is 2.05 bits per heavy atom. The van der Waals surface area contributed by atoms with Crippen LogP contribution in [0.3, 0.4) is 0 Å². The van der Waals surface area contributed by atoms with Crippen molar-refractivity contribution in [3.63, 3.8) is 0 Å². The van der Waals surface area contributed by atoms with E-state index < -0.39 is 0 Å². The Bertz CT molecular complexity index is 1380. The van der Waals surface area contributed by atoms with Crippen molar-refractivity contribution < 1.29 is 19.1 Å². The zero-order valence-corrected chi connectivity index (χ0v) is 21.7. The molecule has 0 spiro atoms. The minimum Gasteiger partial charge on any atom is -0.381 e. The third-order valence-electron chi connectivity index (χ3n) is 6.82. The lowest BCUT2D eigenvalue weighted by Gasteiger charge is -2.23. The Balaban J connectivity index is 1.26. The molecule has 1 atom stereocenters. The maximum absolute atomic E-state index is 13.2. The highest BCUT2D eigenvalue weighted by Crippen LogP contribution is 2.31. The average Bonchev–Trinajstić information content (AvgIpc) is 3.24. The number of ether oxygens (including phenoxy) is 1. The van der Waals surface area contributed by atoms with Crippen LogP contribution in [0.25, 0.3) is 11.3 Å². The minimum atomic E-state index is -0.307. The molecule has 1 unspecified atom stereocenters. The molecule has 1 fully saturated rings. The van der Waals surface area contributed by atoms with Crippen LogP contribution in [0, 0.1) is 0 Å². The minimum absolute atomic E-state index is 0.0754. The molecule has 0 aliphatic carbocycles. The first-order valence-electron chi connectivity index (χ1n) is 12.5. The van der Waals surface area contributed by atoms with Crippen molar-refractivity contribution in [3.8, 4) is 11.3 Å². The number of amides is 2. The number of hydrogen-bond donors (Lipinski definition) is 2. The van der Waals surface area contributed by atoms with Crippen LogP contribution in [0.4, 0.5) is 5.95 Å². The van der Waals surface area contributed by atoms with Crippen molar-refractivity contribution in [2.45, 2.75) is 38.4 Å². The second-order valence-electron chi connectivity index (χ2n) is 9.53. The summed E-state index contributed by atoms with van der Waals surface area (Å²) < 4.78 is 5.41.